The molecule has 1 fully saturated rings. The highest BCUT2D eigenvalue weighted by Gasteiger charge is 2.17. The first kappa shape index (κ1) is 10.6. The molecule has 4 heteroatoms. The van der Waals surface area contributed by atoms with Crippen LogP contribution in [0.25, 0.3) is 11.2 Å². The summed E-state index contributed by atoms with van der Waals surface area (Å²) in [4.78, 5) is 16.0. The minimum absolute atomic E-state index is 0.274. The van der Waals surface area contributed by atoms with Crippen molar-refractivity contribution in [2.45, 2.75) is 38.6 Å². The van der Waals surface area contributed by atoms with Crippen LogP contribution in [0, 0.1) is 5.92 Å². The number of fused-ring (bicyclic) bond motifs is 1. The van der Waals surface area contributed by atoms with Gasteiger partial charge in [-0.15, -0.1) is 0 Å². The zero-order chi connectivity index (χ0) is 11.7. The summed E-state index contributed by atoms with van der Waals surface area (Å²) < 4.78 is 6.87. The second-order valence-electron chi connectivity index (χ2n) is 4.81. The lowest BCUT2D eigenvalue weighted by atomic mass is 9.89. The van der Waals surface area contributed by atoms with E-state index in [1.54, 1.807) is 22.9 Å². The minimum Gasteiger partial charge on any atom is -0.406 e. The molecule has 3 rings (SSSR count). The van der Waals surface area contributed by atoms with Crippen LogP contribution >= 0.6 is 0 Å². The molecule has 1 aliphatic carbocycles. The monoisotopic (exact) mass is 232 g/mol. The van der Waals surface area contributed by atoms with Crippen molar-refractivity contribution >= 4 is 11.2 Å². The molecular weight excluding hydrogens is 216 g/mol. The van der Waals surface area contributed by atoms with Crippen molar-refractivity contribution in [2.24, 2.45) is 5.92 Å². The van der Waals surface area contributed by atoms with Crippen LogP contribution < -0.4 is 5.76 Å². The predicted octanol–water partition coefficient (Wildman–Crippen LogP) is 2.57. The lowest BCUT2D eigenvalue weighted by Crippen LogP contribution is -2.21. The summed E-state index contributed by atoms with van der Waals surface area (Å²) in [5.74, 6) is 0.327. The largest absolute Gasteiger partial charge is 0.421 e. The van der Waals surface area contributed by atoms with E-state index in [0.717, 1.165) is 6.54 Å². The van der Waals surface area contributed by atoms with Crippen molar-refractivity contribution in [2.75, 3.05) is 0 Å². The predicted molar refractivity (Wildman–Crippen MR) is 64.8 cm³/mol. The summed E-state index contributed by atoms with van der Waals surface area (Å²) in [5, 5.41) is 0. The highest BCUT2D eigenvalue weighted by molar-refractivity contribution is 5.67. The van der Waals surface area contributed by atoms with Crippen LogP contribution in [-0.4, -0.2) is 9.55 Å². The first-order valence-corrected chi connectivity index (χ1v) is 6.29. The van der Waals surface area contributed by atoms with Crippen LogP contribution in [0.15, 0.2) is 27.5 Å². The Hall–Kier alpha value is -1.58. The van der Waals surface area contributed by atoms with Crippen LogP contribution in [0.5, 0.6) is 0 Å². The van der Waals surface area contributed by atoms with E-state index in [4.69, 9.17) is 4.42 Å². The van der Waals surface area contributed by atoms with Gasteiger partial charge in [-0.2, -0.15) is 0 Å². The Balaban J connectivity index is 1.93. The topological polar surface area (TPSA) is 48.0 Å². The van der Waals surface area contributed by atoms with Crippen molar-refractivity contribution in [3.05, 3.63) is 28.9 Å². The van der Waals surface area contributed by atoms with Crippen molar-refractivity contribution < 1.29 is 4.42 Å². The van der Waals surface area contributed by atoms with Gasteiger partial charge in [-0.25, -0.2) is 9.78 Å². The second-order valence-corrected chi connectivity index (χ2v) is 4.81. The van der Waals surface area contributed by atoms with Crippen molar-refractivity contribution in [1.29, 1.82) is 0 Å². The SMILES string of the molecule is O=c1oc2cccnc2n1CC1CCCCC1. The molecule has 0 aliphatic heterocycles. The molecule has 0 amide bonds. The third-order valence-electron chi connectivity index (χ3n) is 3.59. The Morgan fingerprint density at radius 1 is 1.35 bits per heavy atom. The Morgan fingerprint density at radius 3 is 3.00 bits per heavy atom. The molecule has 0 N–H and O–H groups in total. The summed E-state index contributed by atoms with van der Waals surface area (Å²) in [7, 11) is 0. The van der Waals surface area contributed by atoms with Crippen LogP contribution in [0.1, 0.15) is 32.1 Å². The molecule has 2 aromatic rings. The number of pyridine rings is 1. The number of hydrogen-bond donors (Lipinski definition) is 0. The molecular formula is C13H16N2O2. The number of aromatic nitrogens is 2. The molecule has 1 saturated carbocycles. The molecule has 0 bridgehead atoms. The number of nitrogens with zero attached hydrogens (tertiary/aromatic N) is 2. The van der Waals surface area contributed by atoms with E-state index in [0.29, 0.717) is 17.1 Å². The van der Waals surface area contributed by atoms with E-state index in [9.17, 15) is 4.79 Å². The zero-order valence-corrected chi connectivity index (χ0v) is 9.76. The first-order chi connectivity index (χ1) is 8.34. The quantitative estimate of drug-likeness (QED) is 0.799. The molecule has 0 aromatic carbocycles. The van der Waals surface area contributed by atoms with E-state index < -0.39 is 0 Å². The maximum atomic E-state index is 11.8. The van der Waals surface area contributed by atoms with Gasteiger partial charge in [0.05, 0.1) is 0 Å². The molecule has 17 heavy (non-hydrogen) atoms. The molecule has 0 spiro atoms. The fourth-order valence-electron chi connectivity index (χ4n) is 2.69. The Bertz CT molecular complexity index is 564. The van der Waals surface area contributed by atoms with Gasteiger partial charge in [-0.05, 0) is 30.9 Å². The Labute approximate surface area is 99.3 Å². The first-order valence-electron chi connectivity index (χ1n) is 6.29. The Morgan fingerprint density at radius 2 is 2.18 bits per heavy atom. The zero-order valence-electron chi connectivity index (χ0n) is 9.76. The molecule has 4 nitrogen and oxygen atoms in total. The molecule has 2 heterocycles. The average Bonchev–Trinajstić information content (AvgIpc) is 2.68. The van der Waals surface area contributed by atoms with Crippen molar-refractivity contribution in [1.82, 2.24) is 9.55 Å². The van der Waals surface area contributed by atoms with Gasteiger partial charge >= 0.3 is 5.76 Å². The second kappa shape index (κ2) is 4.35. The minimum atomic E-state index is -0.274. The molecule has 2 aromatic heterocycles. The van der Waals surface area contributed by atoms with Crippen LogP contribution in [0.4, 0.5) is 0 Å². The van der Waals surface area contributed by atoms with Crippen molar-refractivity contribution in [3.8, 4) is 0 Å². The maximum Gasteiger partial charge on any atom is 0.421 e. The molecule has 0 saturated heterocycles. The summed E-state index contributed by atoms with van der Waals surface area (Å²) in [6, 6.07) is 3.58. The number of oxazole rings is 1. The Kier molecular flexibility index (Phi) is 2.71. The smallest absolute Gasteiger partial charge is 0.406 e. The van der Waals surface area contributed by atoms with E-state index >= 15 is 0 Å². The van der Waals surface area contributed by atoms with Crippen molar-refractivity contribution in [3.63, 3.8) is 0 Å². The lowest BCUT2D eigenvalue weighted by molar-refractivity contribution is 0.312. The van der Waals surface area contributed by atoms with E-state index in [1.807, 2.05) is 0 Å². The normalized spacial score (nSPS) is 17.6. The summed E-state index contributed by atoms with van der Waals surface area (Å²) in [6.07, 6.45) is 8.02. The van der Waals surface area contributed by atoms with Crippen LogP contribution in [-0.2, 0) is 6.54 Å². The molecule has 0 atom stereocenters. The lowest BCUT2D eigenvalue weighted by Gasteiger charge is -2.21. The van der Waals surface area contributed by atoms with Crippen LogP contribution in [0.3, 0.4) is 0 Å². The average molecular weight is 232 g/mol. The van der Waals surface area contributed by atoms with Gasteiger partial charge in [0.15, 0.2) is 11.2 Å². The third-order valence-corrected chi connectivity index (χ3v) is 3.59. The number of hydrogen-bond acceptors (Lipinski definition) is 3. The maximum absolute atomic E-state index is 11.8. The molecule has 90 valence electrons. The third kappa shape index (κ3) is 1.99. The summed E-state index contributed by atoms with van der Waals surface area (Å²) >= 11 is 0. The molecule has 0 radical (unpaired) electrons. The van der Waals surface area contributed by atoms with Gasteiger partial charge < -0.3 is 4.42 Å². The highest BCUT2D eigenvalue weighted by Crippen LogP contribution is 2.25. The van der Waals surface area contributed by atoms with Crippen LogP contribution in [0.2, 0.25) is 0 Å². The van der Waals surface area contributed by atoms with Gasteiger partial charge in [-0.3, -0.25) is 4.57 Å². The summed E-state index contributed by atoms with van der Waals surface area (Å²) in [6.45, 7) is 0.753. The molecule has 0 unspecified atom stereocenters. The highest BCUT2D eigenvalue weighted by atomic mass is 16.4. The standard InChI is InChI=1S/C13H16N2O2/c16-13-15(9-10-5-2-1-3-6-10)12-11(17-13)7-4-8-14-12/h4,7-8,10H,1-3,5-6,9H2. The van der Waals surface area contributed by atoms with Gasteiger partial charge in [0.2, 0.25) is 0 Å². The fourth-order valence-corrected chi connectivity index (χ4v) is 2.69. The van der Waals surface area contributed by atoms with Gasteiger partial charge in [0.25, 0.3) is 0 Å². The van der Waals surface area contributed by atoms with E-state index in [-0.39, 0.29) is 5.76 Å². The number of rotatable bonds is 2. The molecule has 1 aliphatic rings. The summed E-state index contributed by atoms with van der Waals surface area (Å²) in [5.41, 5.74) is 1.27. The van der Waals surface area contributed by atoms with E-state index in [2.05, 4.69) is 4.98 Å². The van der Waals surface area contributed by atoms with Gasteiger partial charge in [-0.1, -0.05) is 19.3 Å². The fraction of sp³-hybridized carbons (Fsp3) is 0.538. The van der Waals surface area contributed by atoms with Gasteiger partial charge in [0.1, 0.15) is 0 Å². The van der Waals surface area contributed by atoms with Gasteiger partial charge in [0, 0.05) is 12.7 Å². The van der Waals surface area contributed by atoms with E-state index in [1.165, 1.54) is 32.1 Å².